The summed E-state index contributed by atoms with van der Waals surface area (Å²) in [5.74, 6) is 3.69. The number of nitrogens with two attached hydrogens (primary N) is 1. The van der Waals surface area contributed by atoms with Gasteiger partial charge in [0, 0.05) is 25.4 Å². The summed E-state index contributed by atoms with van der Waals surface area (Å²) in [7, 11) is 0. The summed E-state index contributed by atoms with van der Waals surface area (Å²) in [6.07, 6.45) is 7.33. The fourth-order valence-electron chi connectivity index (χ4n) is 3.24. The lowest BCUT2D eigenvalue weighted by Gasteiger charge is -2.13. The predicted molar refractivity (Wildman–Crippen MR) is 136 cm³/mol. The third kappa shape index (κ3) is 6.67. The van der Waals surface area contributed by atoms with Gasteiger partial charge in [0.25, 0.3) is 0 Å². The molecule has 174 valence electrons. The van der Waals surface area contributed by atoms with Gasteiger partial charge in [-0.1, -0.05) is 48.2 Å². The van der Waals surface area contributed by atoms with Crippen LogP contribution in [0.4, 0.5) is 10.9 Å². The number of thiazole rings is 1. The Hall–Kier alpha value is -2.66. The van der Waals surface area contributed by atoms with Crippen molar-refractivity contribution in [3.05, 3.63) is 53.8 Å². The van der Waals surface area contributed by atoms with E-state index in [2.05, 4.69) is 45.7 Å². The number of rotatable bonds is 11. The van der Waals surface area contributed by atoms with Crippen LogP contribution in [0.1, 0.15) is 18.9 Å². The summed E-state index contributed by atoms with van der Waals surface area (Å²) >= 11 is 2.91. The van der Waals surface area contributed by atoms with E-state index in [1.54, 1.807) is 11.8 Å². The van der Waals surface area contributed by atoms with Crippen molar-refractivity contribution >= 4 is 44.4 Å². The van der Waals surface area contributed by atoms with Gasteiger partial charge in [0.1, 0.15) is 16.2 Å². The lowest BCUT2D eigenvalue weighted by molar-refractivity contribution is 0.293. The molecule has 0 amide bonds. The molecule has 2 heterocycles. The fraction of sp³-hybridized carbons (Fsp3) is 0.348. The molecule has 0 saturated carbocycles. The molecule has 0 aliphatic heterocycles. The molecule has 0 radical (unpaired) electrons. The molecular weight excluding hydrogens is 456 g/mol. The summed E-state index contributed by atoms with van der Waals surface area (Å²) in [6, 6.07) is 8.08. The number of nitrogens with zero attached hydrogens (tertiary/aromatic N) is 3. The molecule has 1 atom stereocenters. The number of thioether (sulfide) groups is 1. The van der Waals surface area contributed by atoms with Crippen LogP contribution in [0.15, 0.2) is 53.4 Å². The number of hydrogen-bond donors (Lipinski definition) is 4. The number of aliphatic hydroxyl groups excluding tert-OH is 1. The second kappa shape index (κ2) is 11.5. The molecular formula is C23H28N6O2S2. The topological polar surface area (TPSA) is 118 Å². The summed E-state index contributed by atoms with van der Waals surface area (Å²) < 4.78 is 6.87. The van der Waals surface area contributed by atoms with E-state index in [1.807, 2.05) is 24.3 Å². The van der Waals surface area contributed by atoms with Crippen molar-refractivity contribution in [3.8, 4) is 5.75 Å². The zero-order valence-electron chi connectivity index (χ0n) is 18.5. The zero-order valence-corrected chi connectivity index (χ0v) is 20.1. The average molecular weight is 485 g/mol. The highest BCUT2D eigenvalue weighted by molar-refractivity contribution is 7.98. The van der Waals surface area contributed by atoms with E-state index in [1.165, 1.54) is 11.3 Å². The van der Waals surface area contributed by atoms with E-state index in [0.717, 1.165) is 34.0 Å². The number of aliphatic hydroxyl groups is 1. The highest BCUT2D eigenvalue weighted by Crippen LogP contribution is 2.32. The van der Waals surface area contributed by atoms with E-state index in [4.69, 9.17) is 20.6 Å². The first-order valence-electron chi connectivity index (χ1n) is 10.9. The Kier molecular flexibility index (Phi) is 8.16. The average Bonchev–Trinajstić information content (AvgIpc) is 3.19. The minimum absolute atomic E-state index is 0.115. The maximum absolute atomic E-state index is 8.88. The van der Waals surface area contributed by atoms with Crippen LogP contribution in [0, 0.1) is 5.92 Å². The third-order valence-electron chi connectivity index (χ3n) is 4.91. The Bertz CT molecular complexity index is 1150. The Morgan fingerprint density at radius 1 is 1.24 bits per heavy atom. The van der Waals surface area contributed by atoms with Gasteiger partial charge >= 0.3 is 0 Å². The molecule has 10 heteroatoms. The molecule has 0 bridgehead atoms. The van der Waals surface area contributed by atoms with Crippen LogP contribution in [0.5, 0.6) is 5.75 Å². The van der Waals surface area contributed by atoms with Crippen LogP contribution in [-0.2, 0) is 5.75 Å². The highest BCUT2D eigenvalue weighted by atomic mass is 32.2. The molecule has 8 nitrogen and oxygen atoms in total. The molecule has 5 N–H and O–H groups in total. The van der Waals surface area contributed by atoms with Crippen molar-refractivity contribution < 1.29 is 9.84 Å². The molecule has 1 aliphatic carbocycles. The Morgan fingerprint density at radius 3 is 2.97 bits per heavy atom. The summed E-state index contributed by atoms with van der Waals surface area (Å²) in [5.41, 5.74) is 7.63. The van der Waals surface area contributed by atoms with Crippen LogP contribution in [-0.4, -0.2) is 46.3 Å². The van der Waals surface area contributed by atoms with Crippen molar-refractivity contribution in [2.24, 2.45) is 5.92 Å². The smallest absolute Gasteiger partial charge is 0.191 e. The van der Waals surface area contributed by atoms with Crippen LogP contribution in [0.3, 0.4) is 0 Å². The molecule has 1 aliphatic rings. The van der Waals surface area contributed by atoms with Crippen molar-refractivity contribution in [2.75, 3.05) is 37.3 Å². The number of fused-ring (bicyclic) bond motifs is 1. The van der Waals surface area contributed by atoms with E-state index < -0.39 is 0 Å². The van der Waals surface area contributed by atoms with Gasteiger partial charge < -0.3 is 26.2 Å². The first kappa shape index (κ1) is 23.5. The molecule has 1 aromatic carbocycles. The molecule has 0 saturated heterocycles. The van der Waals surface area contributed by atoms with Crippen molar-refractivity contribution in [1.29, 1.82) is 0 Å². The number of benzene rings is 1. The lowest BCUT2D eigenvalue weighted by atomic mass is 10.0. The van der Waals surface area contributed by atoms with E-state index >= 15 is 0 Å². The van der Waals surface area contributed by atoms with E-state index in [-0.39, 0.29) is 6.61 Å². The van der Waals surface area contributed by atoms with Crippen LogP contribution >= 0.6 is 23.1 Å². The normalized spacial score (nSPS) is 15.6. The maximum atomic E-state index is 8.88. The SMILES string of the molecule is CC1C=CC(Oc2cccc(CSc3nc(NCCNCCO)c4sc(N)nc4n3)c2)=CC1. The van der Waals surface area contributed by atoms with Gasteiger partial charge in [0.15, 0.2) is 21.8 Å². The van der Waals surface area contributed by atoms with Crippen molar-refractivity contribution in [2.45, 2.75) is 24.3 Å². The predicted octanol–water partition coefficient (Wildman–Crippen LogP) is 3.81. The molecule has 3 aromatic rings. The Morgan fingerprint density at radius 2 is 2.15 bits per heavy atom. The second-order valence-electron chi connectivity index (χ2n) is 7.68. The van der Waals surface area contributed by atoms with Gasteiger partial charge in [-0.05, 0) is 42.2 Å². The number of allylic oxidation sites excluding steroid dienone is 3. The zero-order chi connectivity index (χ0) is 23.0. The van der Waals surface area contributed by atoms with Gasteiger partial charge in [-0.3, -0.25) is 0 Å². The number of nitrogen functional groups attached to an aromatic ring is 1. The number of anilines is 2. The number of nitrogens with one attached hydrogen (secondary N) is 2. The van der Waals surface area contributed by atoms with Gasteiger partial charge in [0.2, 0.25) is 0 Å². The highest BCUT2D eigenvalue weighted by Gasteiger charge is 2.13. The molecule has 0 spiro atoms. The number of aromatic nitrogens is 3. The first-order chi connectivity index (χ1) is 16.1. The molecule has 2 aromatic heterocycles. The standard InChI is InChI=1S/C23H28N6O2S2/c1-15-5-7-17(8-6-15)31-18-4-2-3-16(13-18)14-32-23-28-20(26-10-9-25-11-12-30)19-21(29-23)27-22(24)33-19/h2-5,7-8,13,15,25,30H,6,9-12,14H2,1H3,(H3,24,26,27,28,29). The van der Waals surface area contributed by atoms with Crippen LogP contribution < -0.4 is 21.1 Å². The fourth-order valence-corrected chi connectivity index (χ4v) is 4.76. The van der Waals surface area contributed by atoms with Crippen LogP contribution in [0.25, 0.3) is 10.3 Å². The minimum Gasteiger partial charge on any atom is -0.458 e. The van der Waals surface area contributed by atoms with Crippen LogP contribution in [0.2, 0.25) is 0 Å². The van der Waals surface area contributed by atoms with Crippen molar-refractivity contribution in [1.82, 2.24) is 20.3 Å². The summed E-state index contributed by atoms with van der Waals surface area (Å²) in [4.78, 5) is 13.6. The Balaban J connectivity index is 1.42. The summed E-state index contributed by atoms with van der Waals surface area (Å²) in [5, 5.41) is 16.5. The second-order valence-corrected chi connectivity index (χ2v) is 9.65. The minimum atomic E-state index is 0.115. The first-order valence-corrected chi connectivity index (χ1v) is 12.7. The quantitative estimate of drug-likeness (QED) is 0.183. The number of ether oxygens (including phenoxy) is 1. The largest absolute Gasteiger partial charge is 0.458 e. The summed E-state index contributed by atoms with van der Waals surface area (Å²) in [6.45, 7) is 4.24. The molecule has 33 heavy (non-hydrogen) atoms. The Labute approximate surface area is 201 Å². The van der Waals surface area contributed by atoms with Gasteiger partial charge in [0.05, 0.1) is 6.61 Å². The van der Waals surface area contributed by atoms with E-state index in [0.29, 0.717) is 47.2 Å². The maximum Gasteiger partial charge on any atom is 0.191 e. The monoisotopic (exact) mass is 484 g/mol. The number of hydrogen-bond acceptors (Lipinski definition) is 10. The van der Waals surface area contributed by atoms with Crippen molar-refractivity contribution in [3.63, 3.8) is 0 Å². The van der Waals surface area contributed by atoms with E-state index in [9.17, 15) is 0 Å². The van der Waals surface area contributed by atoms with Gasteiger partial charge in [-0.2, -0.15) is 0 Å². The molecule has 4 rings (SSSR count). The lowest BCUT2D eigenvalue weighted by Crippen LogP contribution is -2.25. The molecule has 1 unspecified atom stereocenters. The van der Waals surface area contributed by atoms with Gasteiger partial charge in [-0.25, -0.2) is 15.0 Å². The third-order valence-corrected chi connectivity index (χ3v) is 6.71. The molecule has 0 fully saturated rings. The van der Waals surface area contributed by atoms with Gasteiger partial charge in [-0.15, -0.1) is 0 Å².